The third-order valence-corrected chi connectivity index (χ3v) is 5.36. The van der Waals surface area contributed by atoms with Gasteiger partial charge in [-0.2, -0.15) is 4.57 Å². The van der Waals surface area contributed by atoms with Gasteiger partial charge < -0.3 is 18.9 Å². The number of hydrogen-bond donors (Lipinski definition) is 0. The van der Waals surface area contributed by atoms with Crippen molar-refractivity contribution in [1.82, 2.24) is 0 Å². The Balaban J connectivity index is 1.87. The quantitative estimate of drug-likeness (QED) is 0.581. The van der Waals surface area contributed by atoms with E-state index in [0.29, 0.717) is 12.5 Å². The number of benzene rings is 2. The topological polar surface area (TPSA) is 40.8 Å². The molecule has 1 aromatic heterocycles. The van der Waals surface area contributed by atoms with Crippen LogP contribution in [0.4, 0.5) is 0 Å². The van der Waals surface area contributed by atoms with Gasteiger partial charge >= 0.3 is 0 Å². The molecule has 0 radical (unpaired) electrons. The van der Waals surface area contributed by atoms with E-state index < -0.39 is 0 Å². The van der Waals surface area contributed by atoms with Crippen LogP contribution >= 0.6 is 0 Å². The van der Waals surface area contributed by atoms with E-state index in [-0.39, 0.29) is 0 Å². The molecule has 5 heteroatoms. The Bertz CT molecular complexity index is 1060. The molecular weight excluding hydrogens is 366 g/mol. The number of nitrogens with zero attached hydrogens (tertiary/aromatic N) is 1. The average Bonchev–Trinajstić information content (AvgIpc) is 2.74. The second-order valence-corrected chi connectivity index (χ2v) is 7.77. The Morgan fingerprint density at radius 3 is 2.41 bits per heavy atom. The largest absolute Gasteiger partial charge is 0.493 e. The minimum absolute atomic E-state index is 0.448. The molecule has 5 nitrogen and oxygen atoms in total. The molecular formula is C24H28NO4+. The number of aromatic nitrogens is 1. The Morgan fingerprint density at radius 2 is 1.72 bits per heavy atom. The molecule has 4 rings (SSSR count). The van der Waals surface area contributed by atoms with Crippen molar-refractivity contribution in [1.29, 1.82) is 0 Å². The number of aryl methyl sites for hydroxylation is 2. The van der Waals surface area contributed by atoms with E-state index >= 15 is 0 Å². The van der Waals surface area contributed by atoms with Gasteiger partial charge in [-0.1, -0.05) is 13.8 Å². The maximum Gasteiger partial charge on any atom is 0.213 e. The monoisotopic (exact) mass is 394 g/mol. The van der Waals surface area contributed by atoms with Crippen LogP contribution in [0.5, 0.6) is 23.0 Å². The van der Waals surface area contributed by atoms with Crippen LogP contribution < -0.4 is 23.5 Å². The van der Waals surface area contributed by atoms with Crippen molar-refractivity contribution in [2.75, 3.05) is 27.9 Å². The molecule has 1 aliphatic heterocycles. The van der Waals surface area contributed by atoms with Crippen LogP contribution in [-0.4, -0.2) is 27.9 Å². The van der Waals surface area contributed by atoms with Crippen LogP contribution in [0.15, 0.2) is 36.5 Å². The first-order chi connectivity index (χ1) is 14.0. The summed E-state index contributed by atoms with van der Waals surface area (Å²) in [4.78, 5) is 0. The lowest BCUT2D eigenvalue weighted by atomic mass is 9.95. The van der Waals surface area contributed by atoms with Gasteiger partial charge in [0, 0.05) is 12.5 Å². The van der Waals surface area contributed by atoms with Crippen LogP contribution in [0.2, 0.25) is 0 Å². The van der Waals surface area contributed by atoms with Crippen molar-refractivity contribution < 1.29 is 23.5 Å². The van der Waals surface area contributed by atoms with Gasteiger partial charge in [0.25, 0.3) is 0 Å². The Morgan fingerprint density at radius 1 is 0.931 bits per heavy atom. The van der Waals surface area contributed by atoms with Gasteiger partial charge in [0.2, 0.25) is 5.69 Å². The lowest BCUT2D eigenvalue weighted by Crippen LogP contribution is -2.40. The summed E-state index contributed by atoms with van der Waals surface area (Å²) in [6.45, 7) is 5.84. The number of pyridine rings is 1. The molecule has 2 heterocycles. The summed E-state index contributed by atoms with van der Waals surface area (Å²) in [5.41, 5.74) is 3.63. The molecule has 0 aliphatic carbocycles. The van der Waals surface area contributed by atoms with Crippen LogP contribution in [0.25, 0.3) is 22.0 Å². The highest BCUT2D eigenvalue weighted by atomic mass is 16.5. The van der Waals surface area contributed by atoms with Crippen LogP contribution in [0.3, 0.4) is 0 Å². The van der Waals surface area contributed by atoms with E-state index in [1.165, 1.54) is 16.8 Å². The van der Waals surface area contributed by atoms with Gasteiger partial charge in [-0.15, -0.1) is 0 Å². The second kappa shape index (κ2) is 7.82. The van der Waals surface area contributed by atoms with Gasteiger partial charge in [0.1, 0.15) is 0 Å². The highest BCUT2D eigenvalue weighted by Gasteiger charge is 2.27. The average molecular weight is 394 g/mol. The predicted molar refractivity (Wildman–Crippen MR) is 113 cm³/mol. The van der Waals surface area contributed by atoms with Crippen molar-refractivity contribution in [3.63, 3.8) is 0 Å². The number of methoxy groups -OCH3 is 3. The Kier molecular flexibility index (Phi) is 5.22. The van der Waals surface area contributed by atoms with Crippen molar-refractivity contribution in [2.24, 2.45) is 5.92 Å². The maximum atomic E-state index is 6.05. The van der Waals surface area contributed by atoms with Gasteiger partial charge in [-0.05, 0) is 41.1 Å². The van der Waals surface area contributed by atoms with Crippen LogP contribution in [0.1, 0.15) is 19.4 Å². The summed E-state index contributed by atoms with van der Waals surface area (Å²) in [6, 6.07) is 10.5. The minimum Gasteiger partial charge on any atom is -0.493 e. The van der Waals surface area contributed by atoms with Gasteiger partial charge in [-0.25, -0.2) is 0 Å². The highest BCUT2D eigenvalue weighted by Crippen LogP contribution is 2.40. The predicted octanol–water partition coefficient (Wildman–Crippen LogP) is 4.41. The summed E-state index contributed by atoms with van der Waals surface area (Å²) < 4.78 is 25.0. The van der Waals surface area contributed by atoms with E-state index in [4.69, 9.17) is 18.9 Å². The molecule has 2 aromatic carbocycles. The Labute approximate surface area is 171 Å². The third kappa shape index (κ3) is 3.46. The fourth-order valence-corrected chi connectivity index (χ4v) is 3.92. The van der Waals surface area contributed by atoms with Gasteiger partial charge in [0.15, 0.2) is 35.7 Å². The Hall–Kier alpha value is -2.95. The summed E-state index contributed by atoms with van der Waals surface area (Å²) in [6.07, 6.45) is 3.10. The normalized spacial score (nSPS) is 12.5. The molecule has 0 N–H and O–H groups in total. The number of ether oxygens (including phenoxy) is 4. The standard InChI is InChI=1S/C24H28NO4/c1-15(2)14-29-23-12-18-17(11-22(23)27-4)8-9-25-13-19-16(10-20(18)25)6-7-21(26-3)24(19)28-5/h6-7,10-13,15H,8-9,14H2,1-5H3/q+1. The molecule has 0 spiro atoms. The van der Waals surface area contributed by atoms with Crippen molar-refractivity contribution in [2.45, 2.75) is 26.8 Å². The summed E-state index contributed by atoms with van der Waals surface area (Å²) in [5.74, 6) is 3.54. The van der Waals surface area contributed by atoms with E-state index in [1.54, 1.807) is 21.3 Å². The van der Waals surface area contributed by atoms with E-state index in [2.05, 4.69) is 48.9 Å². The molecule has 152 valence electrons. The molecule has 29 heavy (non-hydrogen) atoms. The SMILES string of the molecule is COc1cc2c(cc1OCC(C)C)-c1cc3ccc(OC)c(OC)c3c[n+]1CC2. The zero-order chi connectivity index (χ0) is 20.5. The minimum atomic E-state index is 0.448. The molecule has 0 fully saturated rings. The van der Waals surface area contributed by atoms with Crippen molar-refractivity contribution in [3.8, 4) is 34.3 Å². The number of fused-ring (bicyclic) bond motifs is 4. The molecule has 0 atom stereocenters. The summed E-state index contributed by atoms with van der Waals surface area (Å²) >= 11 is 0. The first-order valence-corrected chi connectivity index (χ1v) is 9.98. The van der Waals surface area contributed by atoms with Crippen LogP contribution in [0, 0.1) is 5.92 Å². The van der Waals surface area contributed by atoms with Gasteiger partial charge in [0.05, 0.1) is 38.9 Å². The fraction of sp³-hybridized carbons (Fsp3) is 0.375. The summed E-state index contributed by atoms with van der Waals surface area (Å²) in [5, 5.41) is 2.16. The first-order valence-electron chi connectivity index (χ1n) is 9.98. The van der Waals surface area contributed by atoms with Crippen LogP contribution in [-0.2, 0) is 13.0 Å². The van der Waals surface area contributed by atoms with E-state index in [0.717, 1.165) is 46.7 Å². The third-order valence-electron chi connectivity index (χ3n) is 5.36. The first kappa shape index (κ1) is 19.4. The smallest absolute Gasteiger partial charge is 0.213 e. The lowest BCUT2D eigenvalue weighted by molar-refractivity contribution is -0.686. The number of rotatable bonds is 6. The molecule has 0 saturated heterocycles. The molecule has 0 saturated carbocycles. The highest BCUT2D eigenvalue weighted by molar-refractivity contribution is 5.91. The molecule has 0 unspecified atom stereocenters. The van der Waals surface area contributed by atoms with Crippen molar-refractivity contribution >= 4 is 10.8 Å². The lowest BCUT2D eigenvalue weighted by Gasteiger charge is -2.20. The molecule has 1 aliphatic rings. The van der Waals surface area contributed by atoms with E-state index in [9.17, 15) is 0 Å². The van der Waals surface area contributed by atoms with E-state index in [1.807, 2.05) is 6.07 Å². The molecule has 3 aromatic rings. The van der Waals surface area contributed by atoms with Crippen molar-refractivity contribution in [3.05, 3.63) is 42.1 Å². The van der Waals surface area contributed by atoms with Gasteiger partial charge in [-0.3, -0.25) is 0 Å². The number of hydrogen-bond acceptors (Lipinski definition) is 4. The zero-order valence-corrected chi connectivity index (χ0v) is 17.7. The maximum absolute atomic E-state index is 6.05. The molecule has 0 amide bonds. The zero-order valence-electron chi connectivity index (χ0n) is 17.7. The second-order valence-electron chi connectivity index (χ2n) is 7.77. The fourth-order valence-electron chi connectivity index (χ4n) is 3.92. The molecule has 0 bridgehead atoms. The summed E-state index contributed by atoms with van der Waals surface area (Å²) in [7, 11) is 5.04.